The molecule has 1 aliphatic carbocycles. The fraction of sp³-hybridized carbons (Fsp3) is 0.615. The van der Waals surface area contributed by atoms with E-state index < -0.39 is 0 Å². The average molecular weight is 316 g/mol. The maximum atomic E-state index is 11.8. The maximum Gasteiger partial charge on any atom is 0.261 e. The number of halogens is 1. The Bertz CT molecular complexity index is 383. The topological polar surface area (TPSA) is 29.1 Å². The van der Waals surface area contributed by atoms with Gasteiger partial charge in [0.25, 0.3) is 5.91 Å². The number of hydrogen-bond acceptors (Lipinski definition) is 2. The van der Waals surface area contributed by atoms with Crippen LogP contribution in [0.1, 0.15) is 42.3 Å². The van der Waals surface area contributed by atoms with Crippen molar-refractivity contribution >= 4 is 33.2 Å². The van der Waals surface area contributed by atoms with E-state index >= 15 is 0 Å². The summed E-state index contributed by atoms with van der Waals surface area (Å²) in [5.41, 5.74) is 0. The van der Waals surface area contributed by atoms with E-state index in [9.17, 15) is 4.79 Å². The summed E-state index contributed by atoms with van der Waals surface area (Å²) < 4.78 is 1.01. The Morgan fingerprint density at radius 3 is 2.71 bits per heavy atom. The fourth-order valence-corrected chi connectivity index (χ4v) is 3.60. The number of carbonyl (C=O) groups excluding carboxylic acids is 1. The summed E-state index contributed by atoms with van der Waals surface area (Å²) in [5, 5.41) is 3.05. The Balaban J connectivity index is 1.76. The first-order valence-corrected chi connectivity index (χ1v) is 7.79. The standard InChI is InChI=1S/C13H18BrNOS/c1-9-2-4-10(5-3-9)8-15-13(16)11-6-7-12(14)17-11/h6-7,9-10H,2-5,8H2,1H3,(H,15,16). The largest absolute Gasteiger partial charge is 0.351 e. The van der Waals surface area contributed by atoms with Crippen molar-refractivity contribution < 1.29 is 4.79 Å². The summed E-state index contributed by atoms with van der Waals surface area (Å²) in [6.07, 6.45) is 5.14. The highest BCUT2D eigenvalue weighted by Crippen LogP contribution is 2.28. The van der Waals surface area contributed by atoms with Crippen molar-refractivity contribution in [1.29, 1.82) is 0 Å². The van der Waals surface area contributed by atoms with Gasteiger partial charge in [-0.15, -0.1) is 11.3 Å². The van der Waals surface area contributed by atoms with Crippen LogP contribution >= 0.6 is 27.3 Å². The summed E-state index contributed by atoms with van der Waals surface area (Å²) in [5.74, 6) is 1.62. The molecule has 1 aromatic rings. The lowest BCUT2D eigenvalue weighted by Crippen LogP contribution is -2.30. The van der Waals surface area contributed by atoms with Crippen LogP contribution in [0.2, 0.25) is 0 Å². The van der Waals surface area contributed by atoms with Gasteiger partial charge < -0.3 is 5.32 Å². The minimum absolute atomic E-state index is 0.0688. The minimum Gasteiger partial charge on any atom is -0.351 e. The molecular weight excluding hydrogens is 298 g/mol. The Hall–Kier alpha value is -0.350. The molecule has 1 amide bonds. The fourth-order valence-electron chi connectivity index (χ4n) is 2.29. The van der Waals surface area contributed by atoms with E-state index in [1.807, 2.05) is 12.1 Å². The van der Waals surface area contributed by atoms with Gasteiger partial charge in [-0.1, -0.05) is 19.8 Å². The Morgan fingerprint density at radius 2 is 2.12 bits per heavy atom. The molecule has 0 saturated heterocycles. The van der Waals surface area contributed by atoms with Gasteiger partial charge in [0, 0.05) is 6.54 Å². The molecule has 2 rings (SSSR count). The Morgan fingerprint density at radius 1 is 1.41 bits per heavy atom. The lowest BCUT2D eigenvalue weighted by molar-refractivity contribution is 0.0946. The molecule has 4 heteroatoms. The summed E-state index contributed by atoms with van der Waals surface area (Å²) in [7, 11) is 0. The second-order valence-electron chi connectivity index (χ2n) is 4.94. The van der Waals surface area contributed by atoms with Gasteiger partial charge in [0.05, 0.1) is 8.66 Å². The van der Waals surface area contributed by atoms with Gasteiger partial charge >= 0.3 is 0 Å². The van der Waals surface area contributed by atoms with Crippen LogP contribution in [0.3, 0.4) is 0 Å². The third kappa shape index (κ3) is 3.81. The van der Waals surface area contributed by atoms with E-state index in [0.29, 0.717) is 5.92 Å². The predicted molar refractivity (Wildman–Crippen MR) is 75.5 cm³/mol. The highest BCUT2D eigenvalue weighted by atomic mass is 79.9. The van der Waals surface area contributed by atoms with Gasteiger partial charge in [-0.25, -0.2) is 0 Å². The van der Waals surface area contributed by atoms with Crippen molar-refractivity contribution in [2.45, 2.75) is 32.6 Å². The molecule has 0 bridgehead atoms. The van der Waals surface area contributed by atoms with Gasteiger partial charge in [-0.05, 0) is 52.7 Å². The van der Waals surface area contributed by atoms with E-state index in [0.717, 1.165) is 21.1 Å². The van der Waals surface area contributed by atoms with E-state index in [1.165, 1.54) is 37.0 Å². The number of thiophene rings is 1. The number of carbonyl (C=O) groups is 1. The summed E-state index contributed by atoms with van der Waals surface area (Å²) in [6, 6.07) is 3.79. The molecule has 0 aliphatic heterocycles. The molecular formula is C13H18BrNOS. The summed E-state index contributed by atoms with van der Waals surface area (Å²) >= 11 is 4.86. The zero-order chi connectivity index (χ0) is 12.3. The third-order valence-electron chi connectivity index (χ3n) is 3.48. The number of nitrogens with one attached hydrogen (secondary N) is 1. The number of rotatable bonds is 3. The first-order chi connectivity index (χ1) is 8.15. The van der Waals surface area contributed by atoms with Crippen LogP contribution < -0.4 is 5.32 Å². The molecule has 2 nitrogen and oxygen atoms in total. The molecule has 1 N–H and O–H groups in total. The minimum atomic E-state index is 0.0688. The van der Waals surface area contributed by atoms with Crippen LogP contribution in [-0.4, -0.2) is 12.5 Å². The zero-order valence-electron chi connectivity index (χ0n) is 10.0. The molecule has 0 unspecified atom stereocenters. The van der Waals surface area contributed by atoms with Crippen molar-refractivity contribution in [3.63, 3.8) is 0 Å². The van der Waals surface area contributed by atoms with E-state index in [2.05, 4.69) is 28.2 Å². The molecule has 0 spiro atoms. The lowest BCUT2D eigenvalue weighted by atomic mass is 9.83. The van der Waals surface area contributed by atoms with E-state index in [1.54, 1.807) is 0 Å². The zero-order valence-corrected chi connectivity index (χ0v) is 12.4. The quantitative estimate of drug-likeness (QED) is 0.895. The number of amides is 1. The van der Waals surface area contributed by atoms with Crippen molar-refractivity contribution in [2.24, 2.45) is 11.8 Å². The molecule has 1 aromatic heterocycles. The molecule has 0 radical (unpaired) electrons. The lowest BCUT2D eigenvalue weighted by Gasteiger charge is -2.26. The monoisotopic (exact) mass is 315 g/mol. The van der Waals surface area contributed by atoms with Crippen molar-refractivity contribution in [3.8, 4) is 0 Å². The van der Waals surface area contributed by atoms with Crippen molar-refractivity contribution in [1.82, 2.24) is 5.32 Å². The van der Waals surface area contributed by atoms with E-state index in [4.69, 9.17) is 0 Å². The number of hydrogen-bond donors (Lipinski definition) is 1. The van der Waals surface area contributed by atoms with Crippen LogP contribution in [0.5, 0.6) is 0 Å². The van der Waals surface area contributed by atoms with Gasteiger partial charge in [-0.3, -0.25) is 4.79 Å². The van der Waals surface area contributed by atoms with Crippen molar-refractivity contribution in [3.05, 3.63) is 20.8 Å². The first-order valence-electron chi connectivity index (χ1n) is 6.18. The van der Waals surface area contributed by atoms with Crippen LogP contribution in [-0.2, 0) is 0 Å². The molecule has 1 fully saturated rings. The SMILES string of the molecule is CC1CCC(CNC(=O)c2ccc(Br)s2)CC1. The van der Waals surface area contributed by atoms with Crippen LogP contribution in [0.4, 0.5) is 0 Å². The Labute approximate surface area is 115 Å². The van der Waals surface area contributed by atoms with Gasteiger partial charge in [0.1, 0.15) is 0 Å². The molecule has 0 atom stereocenters. The normalized spacial score (nSPS) is 24.6. The average Bonchev–Trinajstić information content (AvgIpc) is 2.75. The molecule has 1 aliphatic rings. The maximum absolute atomic E-state index is 11.8. The molecule has 17 heavy (non-hydrogen) atoms. The third-order valence-corrected chi connectivity index (χ3v) is 5.11. The smallest absolute Gasteiger partial charge is 0.261 e. The highest BCUT2D eigenvalue weighted by molar-refractivity contribution is 9.11. The highest BCUT2D eigenvalue weighted by Gasteiger charge is 2.19. The van der Waals surface area contributed by atoms with Gasteiger partial charge in [0.2, 0.25) is 0 Å². The summed E-state index contributed by atoms with van der Waals surface area (Å²) in [4.78, 5) is 12.6. The first kappa shape index (κ1) is 13.1. The van der Waals surface area contributed by atoms with Crippen LogP contribution in [0, 0.1) is 11.8 Å². The molecule has 1 saturated carbocycles. The molecule has 0 aromatic carbocycles. The van der Waals surface area contributed by atoms with Crippen LogP contribution in [0.25, 0.3) is 0 Å². The second kappa shape index (κ2) is 6.01. The van der Waals surface area contributed by atoms with E-state index in [-0.39, 0.29) is 5.91 Å². The second-order valence-corrected chi connectivity index (χ2v) is 7.40. The van der Waals surface area contributed by atoms with Gasteiger partial charge in [0.15, 0.2) is 0 Å². The van der Waals surface area contributed by atoms with Gasteiger partial charge in [-0.2, -0.15) is 0 Å². The summed E-state index contributed by atoms with van der Waals surface area (Å²) in [6.45, 7) is 3.15. The predicted octanol–water partition coefficient (Wildman–Crippen LogP) is 4.07. The molecule has 94 valence electrons. The molecule has 1 heterocycles. The Kier molecular flexibility index (Phi) is 4.62. The van der Waals surface area contributed by atoms with Crippen LogP contribution in [0.15, 0.2) is 15.9 Å². The van der Waals surface area contributed by atoms with Crippen molar-refractivity contribution in [2.75, 3.05) is 6.54 Å².